The van der Waals surface area contributed by atoms with Gasteiger partial charge in [-0.3, -0.25) is 19.7 Å². The summed E-state index contributed by atoms with van der Waals surface area (Å²) in [6.07, 6.45) is 0.730. The number of rotatable bonds is 10. The highest BCUT2D eigenvalue weighted by atomic mass is 32.2. The van der Waals surface area contributed by atoms with Crippen molar-refractivity contribution in [2.24, 2.45) is 0 Å². The van der Waals surface area contributed by atoms with Gasteiger partial charge in [0.2, 0.25) is 0 Å². The van der Waals surface area contributed by atoms with Gasteiger partial charge in [0.1, 0.15) is 5.75 Å². The molecule has 0 saturated carbocycles. The molecule has 0 unspecified atom stereocenters. The van der Waals surface area contributed by atoms with E-state index >= 15 is 0 Å². The number of amides is 3. The van der Waals surface area contributed by atoms with E-state index in [4.69, 9.17) is 9.47 Å². The number of nitrogens with one attached hydrogen (secondary N) is 2. The Bertz CT molecular complexity index is 722. The fourth-order valence-corrected chi connectivity index (χ4v) is 2.86. The number of benzene rings is 1. The van der Waals surface area contributed by atoms with Crippen LogP contribution in [0.3, 0.4) is 0 Å². The van der Waals surface area contributed by atoms with Crippen LogP contribution >= 0.6 is 11.8 Å². The Morgan fingerprint density at radius 3 is 2.54 bits per heavy atom. The van der Waals surface area contributed by atoms with Crippen LogP contribution in [0, 0.1) is 0 Å². The lowest BCUT2D eigenvalue weighted by Crippen LogP contribution is -2.44. The van der Waals surface area contributed by atoms with Crippen molar-refractivity contribution in [3.05, 3.63) is 29.3 Å². The Labute approximate surface area is 168 Å². The van der Waals surface area contributed by atoms with Crippen LogP contribution in [0.1, 0.15) is 43.1 Å². The first kappa shape index (κ1) is 23.5. The van der Waals surface area contributed by atoms with E-state index in [1.165, 1.54) is 25.8 Å². The summed E-state index contributed by atoms with van der Waals surface area (Å²) in [5, 5.41) is 4.67. The summed E-state index contributed by atoms with van der Waals surface area (Å²) < 4.78 is 10.1. The molecule has 154 valence electrons. The number of urea groups is 1. The monoisotopic (exact) mass is 410 g/mol. The maximum Gasteiger partial charge on any atom is 0.321 e. The van der Waals surface area contributed by atoms with Gasteiger partial charge >= 0.3 is 12.0 Å². The van der Waals surface area contributed by atoms with E-state index in [1.54, 1.807) is 18.2 Å². The van der Waals surface area contributed by atoms with Crippen molar-refractivity contribution >= 4 is 35.5 Å². The number of thioether (sulfide) groups is 1. The molecule has 1 aromatic carbocycles. The fraction of sp³-hybridized carbons (Fsp3) is 0.474. The first-order chi connectivity index (χ1) is 13.3. The molecule has 3 amide bonds. The molecule has 0 aliphatic heterocycles. The molecule has 1 rings (SSSR count). The van der Waals surface area contributed by atoms with Crippen LogP contribution < -0.4 is 15.4 Å². The number of methoxy groups -OCH3 is 1. The second-order valence-electron chi connectivity index (χ2n) is 6.07. The quantitative estimate of drug-likeness (QED) is 0.450. The first-order valence-electron chi connectivity index (χ1n) is 8.78. The number of Topliss-reactive ketones (excluding diaryl/α,β-unsaturated/α-hetero) is 1. The Morgan fingerprint density at radius 2 is 1.93 bits per heavy atom. The van der Waals surface area contributed by atoms with Crippen LogP contribution in [-0.4, -0.2) is 49.2 Å². The second-order valence-corrected chi connectivity index (χ2v) is 7.05. The summed E-state index contributed by atoms with van der Waals surface area (Å²) >= 11 is 1.26. The SMILES string of the molecule is CC[C@@H](C)NC(=O)NC(=O)COC(=O)CSCc1cc(C(C)=O)ccc1OC. The van der Waals surface area contributed by atoms with E-state index in [1.807, 2.05) is 13.8 Å². The zero-order valence-corrected chi connectivity index (χ0v) is 17.3. The number of imide groups is 1. The number of carbonyl (C=O) groups excluding carboxylic acids is 4. The van der Waals surface area contributed by atoms with Gasteiger partial charge in [-0.25, -0.2) is 4.79 Å². The van der Waals surface area contributed by atoms with Crippen LogP contribution in [0.2, 0.25) is 0 Å². The molecule has 1 aromatic rings. The Kier molecular flexibility index (Phi) is 10.1. The lowest BCUT2D eigenvalue weighted by Gasteiger charge is -2.12. The van der Waals surface area contributed by atoms with Crippen molar-refractivity contribution < 1.29 is 28.7 Å². The minimum absolute atomic E-state index is 0.0137. The largest absolute Gasteiger partial charge is 0.496 e. The number of ketones is 1. The number of hydrogen-bond donors (Lipinski definition) is 2. The van der Waals surface area contributed by atoms with Crippen molar-refractivity contribution in [1.29, 1.82) is 0 Å². The molecule has 0 heterocycles. The molecule has 9 heteroatoms. The third-order valence-electron chi connectivity index (χ3n) is 3.77. The molecule has 28 heavy (non-hydrogen) atoms. The molecule has 0 radical (unpaired) electrons. The molecular formula is C19H26N2O6S. The van der Waals surface area contributed by atoms with Gasteiger partial charge in [-0.2, -0.15) is 0 Å². The maximum absolute atomic E-state index is 11.8. The van der Waals surface area contributed by atoms with Crippen LogP contribution in [0.5, 0.6) is 5.75 Å². The van der Waals surface area contributed by atoms with Gasteiger partial charge < -0.3 is 14.8 Å². The third kappa shape index (κ3) is 8.43. The highest BCUT2D eigenvalue weighted by molar-refractivity contribution is 7.99. The topological polar surface area (TPSA) is 111 Å². The smallest absolute Gasteiger partial charge is 0.321 e. The summed E-state index contributed by atoms with van der Waals surface area (Å²) in [6, 6.07) is 4.43. The van der Waals surface area contributed by atoms with Crippen LogP contribution in [0.15, 0.2) is 18.2 Å². The van der Waals surface area contributed by atoms with Gasteiger partial charge in [0.25, 0.3) is 5.91 Å². The van der Waals surface area contributed by atoms with Crippen LogP contribution in [0.25, 0.3) is 0 Å². The van der Waals surface area contributed by atoms with E-state index in [-0.39, 0.29) is 17.6 Å². The van der Waals surface area contributed by atoms with Gasteiger partial charge in [-0.05, 0) is 38.5 Å². The molecule has 0 saturated heterocycles. The van der Waals surface area contributed by atoms with Crippen molar-refractivity contribution in [2.75, 3.05) is 19.5 Å². The molecule has 0 aliphatic carbocycles. The Hall–Kier alpha value is -2.55. The van der Waals surface area contributed by atoms with E-state index in [0.29, 0.717) is 17.1 Å². The fourth-order valence-electron chi connectivity index (χ4n) is 2.07. The Balaban J connectivity index is 2.39. The van der Waals surface area contributed by atoms with Crippen LogP contribution in [0.4, 0.5) is 4.79 Å². The summed E-state index contributed by atoms with van der Waals surface area (Å²) in [7, 11) is 1.53. The number of carbonyl (C=O) groups is 4. The van der Waals surface area contributed by atoms with E-state index < -0.39 is 24.5 Å². The molecule has 0 aromatic heterocycles. The van der Waals surface area contributed by atoms with Gasteiger partial charge in [-0.1, -0.05) is 6.92 Å². The molecule has 0 fully saturated rings. The van der Waals surface area contributed by atoms with Gasteiger partial charge in [0.15, 0.2) is 12.4 Å². The van der Waals surface area contributed by atoms with Crippen molar-refractivity contribution in [3.8, 4) is 5.75 Å². The normalized spacial score (nSPS) is 11.3. The highest BCUT2D eigenvalue weighted by Gasteiger charge is 2.13. The first-order valence-corrected chi connectivity index (χ1v) is 9.93. The van der Waals surface area contributed by atoms with Gasteiger partial charge in [-0.15, -0.1) is 11.8 Å². The second kappa shape index (κ2) is 12.0. The predicted octanol–water partition coefficient (Wildman–Crippen LogP) is 2.30. The molecule has 1 atom stereocenters. The highest BCUT2D eigenvalue weighted by Crippen LogP contribution is 2.24. The Morgan fingerprint density at radius 1 is 1.21 bits per heavy atom. The average Bonchev–Trinajstić information content (AvgIpc) is 2.65. The summed E-state index contributed by atoms with van der Waals surface area (Å²) in [6.45, 7) is 4.65. The zero-order valence-electron chi connectivity index (χ0n) is 16.5. The lowest BCUT2D eigenvalue weighted by molar-refractivity contribution is -0.145. The summed E-state index contributed by atoms with van der Waals surface area (Å²) in [5.41, 5.74) is 1.35. The van der Waals surface area contributed by atoms with Crippen molar-refractivity contribution in [1.82, 2.24) is 10.6 Å². The number of ether oxygens (including phenoxy) is 2. The third-order valence-corrected chi connectivity index (χ3v) is 4.73. The molecule has 8 nitrogen and oxygen atoms in total. The summed E-state index contributed by atoms with van der Waals surface area (Å²) in [5.74, 6) is -0.267. The van der Waals surface area contributed by atoms with Gasteiger partial charge in [0.05, 0.1) is 12.9 Å². The molecule has 0 bridgehead atoms. The minimum atomic E-state index is -0.699. The van der Waals surface area contributed by atoms with E-state index in [0.717, 1.165) is 12.0 Å². The molecular weight excluding hydrogens is 384 g/mol. The standard InChI is InChI=1S/C19H26N2O6S/c1-5-12(2)20-19(25)21-17(23)9-27-18(24)11-28-10-15-8-14(13(3)22)6-7-16(15)26-4/h6-8,12H,5,9-11H2,1-4H3,(H2,20,21,23,25)/t12-/m1/s1. The van der Waals surface area contributed by atoms with E-state index in [2.05, 4.69) is 10.6 Å². The molecule has 0 aliphatic rings. The van der Waals surface area contributed by atoms with E-state index in [9.17, 15) is 19.2 Å². The zero-order chi connectivity index (χ0) is 21.1. The number of esters is 1. The lowest BCUT2D eigenvalue weighted by atomic mass is 10.1. The molecule has 2 N–H and O–H groups in total. The predicted molar refractivity (Wildman–Crippen MR) is 107 cm³/mol. The minimum Gasteiger partial charge on any atom is -0.496 e. The molecule has 0 spiro atoms. The number of hydrogen-bond acceptors (Lipinski definition) is 7. The maximum atomic E-state index is 11.8. The average molecular weight is 410 g/mol. The van der Waals surface area contributed by atoms with Gasteiger partial charge in [0, 0.05) is 22.9 Å². The van der Waals surface area contributed by atoms with Crippen molar-refractivity contribution in [3.63, 3.8) is 0 Å². The van der Waals surface area contributed by atoms with Crippen molar-refractivity contribution in [2.45, 2.75) is 39.0 Å². The summed E-state index contributed by atoms with van der Waals surface area (Å²) in [4.78, 5) is 46.4. The van der Waals surface area contributed by atoms with Crippen LogP contribution in [-0.2, 0) is 20.1 Å².